The van der Waals surface area contributed by atoms with Gasteiger partial charge in [-0.3, -0.25) is 4.98 Å². The number of pyridine rings is 1. The molecule has 0 aliphatic carbocycles. The Hall–Kier alpha value is -1.83. The molecule has 2 heterocycles. The topological polar surface area (TPSA) is 60.7 Å². The second-order valence-corrected chi connectivity index (χ2v) is 4.51. The van der Waals surface area contributed by atoms with Crippen molar-refractivity contribution < 1.29 is 0 Å². The Balaban J connectivity index is 0.00000133. The van der Waals surface area contributed by atoms with E-state index in [1.165, 1.54) is 0 Å². The summed E-state index contributed by atoms with van der Waals surface area (Å²) in [5.74, 6) is 0. The van der Waals surface area contributed by atoms with Crippen LogP contribution in [0, 0.1) is 11.3 Å². The zero-order valence-corrected chi connectivity index (χ0v) is 11.2. The van der Waals surface area contributed by atoms with Crippen LogP contribution in [0.4, 0.5) is 5.69 Å². The minimum absolute atomic E-state index is 0. The smallest absolute Gasteiger partial charge is 0.101 e. The summed E-state index contributed by atoms with van der Waals surface area (Å²) in [5.41, 5.74) is 2.46. The number of anilines is 1. The monoisotopic (exact) mass is 274 g/mol. The van der Waals surface area contributed by atoms with E-state index in [2.05, 4.69) is 21.7 Å². The van der Waals surface area contributed by atoms with Gasteiger partial charge in [0, 0.05) is 29.9 Å². The lowest BCUT2D eigenvalue weighted by Gasteiger charge is -2.15. The predicted molar refractivity (Wildman–Crippen MR) is 78.6 cm³/mol. The third kappa shape index (κ3) is 2.62. The fourth-order valence-corrected chi connectivity index (χ4v) is 2.39. The lowest BCUT2D eigenvalue weighted by molar-refractivity contribution is 0.794. The van der Waals surface area contributed by atoms with E-state index in [4.69, 9.17) is 5.26 Å². The Morgan fingerprint density at radius 1 is 1.37 bits per heavy atom. The van der Waals surface area contributed by atoms with Crippen LogP contribution < -0.4 is 10.6 Å². The van der Waals surface area contributed by atoms with E-state index >= 15 is 0 Å². The van der Waals surface area contributed by atoms with Crippen molar-refractivity contribution in [2.24, 2.45) is 0 Å². The van der Waals surface area contributed by atoms with E-state index in [1.54, 1.807) is 6.20 Å². The number of rotatable bonds is 2. The van der Waals surface area contributed by atoms with E-state index in [-0.39, 0.29) is 12.4 Å². The average Bonchev–Trinajstić information content (AvgIpc) is 2.92. The van der Waals surface area contributed by atoms with E-state index in [0.29, 0.717) is 11.6 Å². The molecule has 0 bridgehead atoms. The second-order valence-electron chi connectivity index (χ2n) is 4.51. The number of aromatic nitrogens is 1. The van der Waals surface area contributed by atoms with Crippen LogP contribution >= 0.6 is 12.4 Å². The molecule has 2 N–H and O–H groups in total. The number of nitrogens with one attached hydrogen (secondary N) is 2. The molecule has 1 aliphatic rings. The standard InChI is InChI=1S/C14H14N4.ClH/c15-8-10-3-4-13(18-11-5-7-16-9-11)12-2-1-6-17-14(10)12;/h1-4,6,11,16,18H,5,7,9H2;1H/t11-;/m0./s1. The summed E-state index contributed by atoms with van der Waals surface area (Å²) in [5, 5.41) is 17.0. The molecule has 1 aromatic carbocycles. The largest absolute Gasteiger partial charge is 0.380 e. The fourth-order valence-electron chi connectivity index (χ4n) is 2.39. The summed E-state index contributed by atoms with van der Waals surface area (Å²) in [6.07, 6.45) is 2.85. The van der Waals surface area contributed by atoms with Gasteiger partial charge >= 0.3 is 0 Å². The average molecular weight is 275 g/mol. The zero-order chi connectivity index (χ0) is 12.4. The van der Waals surface area contributed by atoms with Crippen LogP contribution in [0.5, 0.6) is 0 Å². The van der Waals surface area contributed by atoms with Crippen molar-refractivity contribution in [1.29, 1.82) is 5.26 Å². The van der Waals surface area contributed by atoms with Gasteiger partial charge in [-0.1, -0.05) is 0 Å². The third-order valence-corrected chi connectivity index (χ3v) is 3.31. The molecule has 0 unspecified atom stereocenters. The van der Waals surface area contributed by atoms with Crippen LogP contribution in [0.1, 0.15) is 12.0 Å². The molecule has 1 atom stereocenters. The van der Waals surface area contributed by atoms with E-state index < -0.39 is 0 Å². The molecule has 98 valence electrons. The Morgan fingerprint density at radius 2 is 2.26 bits per heavy atom. The summed E-state index contributed by atoms with van der Waals surface area (Å²) in [4.78, 5) is 4.31. The molecule has 5 heteroatoms. The van der Waals surface area contributed by atoms with Crippen molar-refractivity contribution in [1.82, 2.24) is 10.3 Å². The molecule has 1 aliphatic heterocycles. The van der Waals surface area contributed by atoms with Crippen molar-refractivity contribution >= 4 is 29.0 Å². The van der Waals surface area contributed by atoms with Gasteiger partial charge in [0.2, 0.25) is 0 Å². The molecule has 2 aromatic rings. The van der Waals surface area contributed by atoms with Gasteiger partial charge in [-0.2, -0.15) is 5.26 Å². The first kappa shape index (κ1) is 13.6. The number of nitriles is 1. The lowest BCUT2D eigenvalue weighted by atomic mass is 10.1. The van der Waals surface area contributed by atoms with Crippen LogP contribution in [0.25, 0.3) is 10.9 Å². The summed E-state index contributed by atoms with van der Waals surface area (Å²) in [6, 6.07) is 10.4. The molecular formula is C14H15ClN4. The first-order chi connectivity index (χ1) is 8.88. The van der Waals surface area contributed by atoms with Crippen molar-refractivity contribution in [3.8, 4) is 6.07 Å². The maximum Gasteiger partial charge on any atom is 0.101 e. The lowest BCUT2D eigenvalue weighted by Crippen LogP contribution is -2.22. The van der Waals surface area contributed by atoms with E-state index in [0.717, 1.165) is 36.1 Å². The first-order valence-corrected chi connectivity index (χ1v) is 6.13. The third-order valence-electron chi connectivity index (χ3n) is 3.31. The van der Waals surface area contributed by atoms with Crippen molar-refractivity contribution in [2.75, 3.05) is 18.4 Å². The molecule has 19 heavy (non-hydrogen) atoms. The van der Waals surface area contributed by atoms with Crippen molar-refractivity contribution in [3.63, 3.8) is 0 Å². The van der Waals surface area contributed by atoms with Crippen LogP contribution in [0.3, 0.4) is 0 Å². The minimum Gasteiger partial charge on any atom is -0.380 e. The van der Waals surface area contributed by atoms with Gasteiger partial charge in [0.15, 0.2) is 0 Å². The molecule has 0 spiro atoms. The summed E-state index contributed by atoms with van der Waals surface area (Å²) >= 11 is 0. The minimum atomic E-state index is 0. The summed E-state index contributed by atoms with van der Waals surface area (Å²) in [7, 11) is 0. The van der Waals surface area contributed by atoms with E-state index in [1.807, 2.05) is 24.3 Å². The number of halogens is 1. The van der Waals surface area contributed by atoms with Gasteiger partial charge in [-0.25, -0.2) is 0 Å². The van der Waals surface area contributed by atoms with Gasteiger partial charge < -0.3 is 10.6 Å². The Labute approximate surface area is 118 Å². The highest BCUT2D eigenvalue weighted by atomic mass is 35.5. The molecule has 1 saturated heterocycles. The SMILES string of the molecule is Cl.N#Cc1ccc(N[C@H]2CCNC2)c2cccnc12. The highest BCUT2D eigenvalue weighted by molar-refractivity contribution is 5.94. The molecule has 1 fully saturated rings. The Morgan fingerprint density at radius 3 is 3.00 bits per heavy atom. The number of hydrogen-bond acceptors (Lipinski definition) is 4. The fraction of sp³-hybridized carbons (Fsp3) is 0.286. The quantitative estimate of drug-likeness (QED) is 0.882. The van der Waals surface area contributed by atoms with Gasteiger partial charge in [0.05, 0.1) is 11.1 Å². The summed E-state index contributed by atoms with van der Waals surface area (Å²) in [6.45, 7) is 2.05. The van der Waals surface area contributed by atoms with Crippen LogP contribution in [0.15, 0.2) is 30.5 Å². The molecule has 3 rings (SSSR count). The Kier molecular flexibility index (Phi) is 4.20. The number of hydrogen-bond donors (Lipinski definition) is 2. The normalized spacial score (nSPS) is 17.7. The first-order valence-electron chi connectivity index (χ1n) is 6.13. The maximum absolute atomic E-state index is 9.09. The molecule has 0 radical (unpaired) electrons. The van der Waals surface area contributed by atoms with E-state index in [9.17, 15) is 0 Å². The van der Waals surface area contributed by atoms with Gasteiger partial charge in [-0.15, -0.1) is 12.4 Å². The maximum atomic E-state index is 9.09. The molecule has 4 nitrogen and oxygen atoms in total. The summed E-state index contributed by atoms with van der Waals surface area (Å²) < 4.78 is 0. The highest BCUT2D eigenvalue weighted by Crippen LogP contribution is 2.25. The number of benzene rings is 1. The number of nitrogens with zero attached hydrogens (tertiary/aromatic N) is 2. The van der Waals surface area contributed by atoms with Crippen LogP contribution in [-0.4, -0.2) is 24.1 Å². The van der Waals surface area contributed by atoms with Gasteiger partial charge in [-0.05, 0) is 37.2 Å². The predicted octanol–water partition coefficient (Wildman–Crippen LogP) is 2.30. The molecule has 0 saturated carbocycles. The molecule has 1 aromatic heterocycles. The van der Waals surface area contributed by atoms with Gasteiger partial charge in [0.1, 0.15) is 6.07 Å². The number of fused-ring (bicyclic) bond motifs is 1. The van der Waals surface area contributed by atoms with Crippen molar-refractivity contribution in [2.45, 2.75) is 12.5 Å². The highest BCUT2D eigenvalue weighted by Gasteiger charge is 2.15. The molecule has 0 amide bonds. The van der Waals surface area contributed by atoms with Crippen LogP contribution in [0.2, 0.25) is 0 Å². The van der Waals surface area contributed by atoms with Crippen molar-refractivity contribution in [3.05, 3.63) is 36.0 Å². The van der Waals surface area contributed by atoms with Gasteiger partial charge in [0.25, 0.3) is 0 Å². The second kappa shape index (κ2) is 5.87. The zero-order valence-electron chi connectivity index (χ0n) is 10.4. The Bertz CT molecular complexity index is 614. The molecular weight excluding hydrogens is 260 g/mol. The van der Waals surface area contributed by atoms with Crippen LogP contribution in [-0.2, 0) is 0 Å².